The first-order chi connectivity index (χ1) is 9.58. The maximum absolute atomic E-state index is 10.9. The Bertz CT molecular complexity index is 620. The summed E-state index contributed by atoms with van der Waals surface area (Å²) in [7, 11) is 1.56. The molecule has 0 aliphatic rings. The molecule has 0 aliphatic carbocycles. The third-order valence-corrected chi connectivity index (χ3v) is 3.70. The van der Waals surface area contributed by atoms with Gasteiger partial charge in [-0.15, -0.1) is 0 Å². The molecule has 0 spiro atoms. The topological polar surface area (TPSA) is 64.1 Å². The molecule has 0 radical (unpaired) electrons. The quantitative estimate of drug-likeness (QED) is 0.853. The van der Waals surface area contributed by atoms with Crippen molar-refractivity contribution in [1.29, 1.82) is 0 Å². The van der Waals surface area contributed by atoms with E-state index in [4.69, 9.17) is 4.74 Å². The van der Waals surface area contributed by atoms with E-state index in [0.717, 1.165) is 10.6 Å². The van der Waals surface area contributed by atoms with Crippen molar-refractivity contribution in [3.63, 3.8) is 0 Å². The smallest absolute Gasteiger partial charge is 0.231 e. The molecule has 1 aromatic heterocycles. The first-order valence-electron chi connectivity index (χ1n) is 5.70. The Morgan fingerprint density at radius 3 is 2.65 bits per heavy atom. The number of carbonyl (C=O) groups excluding carboxylic acids is 1. The van der Waals surface area contributed by atoms with Crippen molar-refractivity contribution in [1.82, 2.24) is 9.97 Å². The summed E-state index contributed by atoms with van der Waals surface area (Å²) in [5.74, 6) is 0.406. The average molecular weight is 354 g/mol. The number of ether oxygens (including phenoxy) is 1. The van der Waals surface area contributed by atoms with Crippen molar-refractivity contribution < 1.29 is 9.53 Å². The van der Waals surface area contributed by atoms with Gasteiger partial charge >= 0.3 is 0 Å². The Morgan fingerprint density at radius 2 is 2.05 bits per heavy atom. The van der Waals surface area contributed by atoms with Crippen molar-refractivity contribution in [3.05, 3.63) is 34.9 Å². The van der Waals surface area contributed by atoms with Crippen molar-refractivity contribution >= 4 is 39.3 Å². The fraction of sp³-hybridized carbons (Fsp3) is 0.154. The number of nitrogens with zero attached hydrogens (tertiary/aromatic N) is 2. The van der Waals surface area contributed by atoms with E-state index >= 15 is 0 Å². The molecular formula is C13H12BrN3O2S. The van der Waals surface area contributed by atoms with E-state index in [1.807, 2.05) is 24.3 Å². The van der Waals surface area contributed by atoms with Gasteiger partial charge in [-0.3, -0.25) is 4.79 Å². The van der Waals surface area contributed by atoms with Gasteiger partial charge < -0.3 is 10.1 Å². The number of carbonyl (C=O) groups is 1. The molecule has 0 aliphatic heterocycles. The van der Waals surface area contributed by atoms with Gasteiger partial charge in [0.05, 0.1) is 11.6 Å². The molecule has 7 heteroatoms. The van der Waals surface area contributed by atoms with Crippen molar-refractivity contribution in [3.8, 4) is 5.88 Å². The number of benzene rings is 1. The van der Waals surface area contributed by atoms with Crippen molar-refractivity contribution in [2.24, 2.45) is 0 Å². The number of rotatable bonds is 4. The van der Waals surface area contributed by atoms with E-state index in [9.17, 15) is 4.79 Å². The summed E-state index contributed by atoms with van der Waals surface area (Å²) in [6.45, 7) is 1.48. The lowest BCUT2D eigenvalue weighted by atomic mass is 10.3. The Balaban J connectivity index is 2.11. The number of anilines is 1. The number of hydrogen-bond donors (Lipinski definition) is 1. The third-order valence-electron chi connectivity index (χ3n) is 2.27. The zero-order valence-corrected chi connectivity index (χ0v) is 13.3. The Kier molecular flexibility index (Phi) is 4.97. The summed E-state index contributed by atoms with van der Waals surface area (Å²) in [5.41, 5.74) is 0.760. The first-order valence-corrected chi connectivity index (χ1v) is 7.31. The summed E-state index contributed by atoms with van der Waals surface area (Å²) in [4.78, 5) is 20.4. The average Bonchev–Trinajstić information content (AvgIpc) is 2.42. The SMILES string of the molecule is COc1nc(Sc2ccc(NC(C)=O)cc2)ncc1Br. The van der Waals surface area contributed by atoms with Crippen molar-refractivity contribution in [2.75, 3.05) is 12.4 Å². The molecule has 0 atom stereocenters. The van der Waals surface area contributed by atoms with E-state index in [1.165, 1.54) is 18.7 Å². The zero-order chi connectivity index (χ0) is 14.5. The molecule has 2 rings (SSSR count). The second kappa shape index (κ2) is 6.71. The number of amides is 1. The number of nitrogens with one attached hydrogen (secondary N) is 1. The Labute approximate surface area is 129 Å². The molecule has 0 bridgehead atoms. The highest BCUT2D eigenvalue weighted by Gasteiger charge is 2.07. The molecule has 1 aromatic carbocycles. The van der Waals surface area contributed by atoms with Gasteiger partial charge in [-0.25, -0.2) is 4.98 Å². The van der Waals surface area contributed by atoms with Crippen LogP contribution in [0.5, 0.6) is 5.88 Å². The third kappa shape index (κ3) is 3.94. The fourth-order valence-electron chi connectivity index (χ4n) is 1.44. The van der Waals surface area contributed by atoms with Gasteiger partial charge in [-0.1, -0.05) is 0 Å². The molecule has 20 heavy (non-hydrogen) atoms. The predicted molar refractivity (Wildman–Crippen MR) is 81.2 cm³/mol. The molecule has 104 valence electrons. The van der Waals surface area contributed by atoms with Crippen LogP contribution in [0.25, 0.3) is 0 Å². The molecule has 0 fully saturated rings. The molecule has 1 N–H and O–H groups in total. The predicted octanol–water partition coefficient (Wildman–Crippen LogP) is 3.36. The van der Waals surface area contributed by atoms with Crippen LogP contribution in [0.4, 0.5) is 5.69 Å². The van der Waals surface area contributed by atoms with E-state index in [2.05, 4.69) is 31.2 Å². The Morgan fingerprint density at radius 1 is 1.35 bits per heavy atom. The number of methoxy groups -OCH3 is 1. The molecule has 0 saturated carbocycles. The maximum Gasteiger partial charge on any atom is 0.231 e. The standard InChI is InChI=1S/C13H12BrN3O2S/c1-8(18)16-9-3-5-10(6-4-9)20-13-15-7-11(14)12(17-13)19-2/h3-7H,1-2H3,(H,16,18). The van der Waals surface area contributed by atoms with Gasteiger partial charge in [0.25, 0.3) is 0 Å². The van der Waals surface area contributed by atoms with Gasteiger partial charge in [0.15, 0.2) is 5.16 Å². The summed E-state index contributed by atoms with van der Waals surface area (Å²) in [5, 5.41) is 3.31. The zero-order valence-electron chi connectivity index (χ0n) is 10.9. The largest absolute Gasteiger partial charge is 0.480 e. The van der Waals surface area contributed by atoms with Crippen LogP contribution < -0.4 is 10.1 Å². The minimum atomic E-state index is -0.0913. The van der Waals surface area contributed by atoms with Crippen LogP contribution in [0.15, 0.2) is 45.0 Å². The lowest BCUT2D eigenvalue weighted by Crippen LogP contribution is -2.05. The summed E-state index contributed by atoms with van der Waals surface area (Å²) >= 11 is 4.73. The molecule has 0 unspecified atom stereocenters. The first kappa shape index (κ1) is 14.8. The summed E-state index contributed by atoms with van der Waals surface area (Å²) < 4.78 is 5.84. The van der Waals surface area contributed by atoms with Crippen LogP contribution >= 0.6 is 27.7 Å². The Hall–Kier alpha value is -1.60. The van der Waals surface area contributed by atoms with Crippen molar-refractivity contribution in [2.45, 2.75) is 17.0 Å². The summed E-state index contributed by atoms with van der Waals surface area (Å²) in [6.07, 6.45) is 1.65. The van der Waals surface area contributed by atoms with E-state index in [0.29, 0.717) is 15.5 Å². The monoisotopic (exact) mass is 353 g/mol. The number of halogens is 1. The summed E-state index contributed by atoms with van der Waals surface area (Å²) in [6, 6.07) is 7.46. The highest BCUT2D eigenvalue weighted by molar-refractivity contribution is 9.10. The lowest BCUT2D eigenvalue weighted by Gasteiger charge is -2.05. The van der Waals surface area contributed by atoms with E-state index in [1.54, 1.807) is 13.3 Å². The molecule has 1 heterocycles. The van der Waals surface area contributed by atoms with Gasteiger partial charge in [-0.05, 0) is 52.0 Å². The highest BCUT2D eigenvalue weighted by Crippen LogP contribution is 2.29. The number of aromatic nitrogens is 2. The molecule has 0 saturated heterocycles. The van der Waals surface area contributed by atoms with E-state index in [-0.39, 0.29) is 5.91 Å². The van der Waals surface area contributed by atoms with Crippen LogP contribution in [0.3, 0.4) is 0 Å². The lowest BCUT2D eigenvalue weighted by molar-refractivity contribution is -0.114. The van der Waals surface area contributed by atoms with Gasteiger partial charge in [0.2, 0.25) is 11.8 Å². The minimum absolute atomic E-state index is 0.0913. The molecule has 5 nitrogen and oxygen atoms in total. The maximum atomic E-state index is 10.9. The van der Waals surface area contributed by atoms with Crippen LogP contribution in [-0.4, -0.2) is 23.0 Å². The highest BCUT2D eigenvalue weighted by atomic mass is 79.9. The van der Waals surface area contributed by atoms with Crippen LogP contribution in [0, 0.1) is 0 Å². The normalized spacial score (nSPS) is 10.2. The van der Waals surface area contributed by atoms with Gasteiger partial charge in [0, 0.05) is 23.7 Å². The van der Waals surface area contributed by atoms with E-state index < -0.39 is 0 Å². The van der Waals surface area contributed by atoms with Crippen LogP contribution in [-0.2, 0) is 4.79 Å². The van der Waals surface area contributed by atoms with Crippen LogP contribution in [0.2, 0.25) is 0 Å². The number of hydrogen-bond acceptors (Lipinski definition) is 5. The van der Waals surface area contributed by atoms with Gasteiger partial charge in [-0.2, -0.15) is 4.98 Å². The molecule has 2 aromatic rings. The molecule has 1 amide bonds. The second-order valence-electron chi connectivity index (χ2n) is 3.82. The van der Waals surface area contributed by atoms with Crippen LogP contribution in [0.1, 0.15) is 6.92 Å². The fourth-order valence-corrected chi connectivity index (χ4v) is 2.51. The second-order valence-corrected chi connectivity index (χ2v) is 5.71. The molecular weight excluding hydrogens is 342 g/mol. The van der Waals surface area contributed by atoms with Gasteiger partial charge in [0.1, 0.15) is 0 Å². The minimum Gasteiger partial charge on any atom is -0.480 e.